The zero-order valence-corrected chi connectivity index (χ0v) is 8.76. The van der Waals surface area contributed by atoms with E-state index in [1.165, 1.54) is 6.42 Å². The maximum Gasteiger partial charge on any atom is 0.0630 e. The third kappa shape index (κ3) is 5.52. The van der Waals surface area contributed by atoms with Crippen molar-refractivity contribution in [1.82, 2.24) is 10.2 Å². The summed E-state index contributed by atoms with van der Waals surface area (Å²) >= 11 is 0. The molecule has 0 aromatic rings. The number of hydrogen-bond acceptors (Lipinski definition) is 3. The number of nitrogens with zero attached hydrogens (tertiary/aromatic N) is 1. The molecule has 0 bridgehead atoms. The molecule has 0 heterocycles. The number of likely N-dealkylation sites (N-methyl/N-ethyl adjacent to an activating group) is 1. The molecule has 0 aliphatic heterocycles. The molecule has 3 nitrogen and oxygen atoms in total. The van der Waals surface area contributed by atoms with Crippen LogP contribution in [0, 0.1) is 0 Å². The summed E-state index contributed by atoms with van der Waals surface area (Å²) in [5.74, 6) is 0. The predicted octanol–water partition coefficient (Wildman–Crippen LogP) is 0.563. The molecule has 0 aromatic heterocycles. The Kier molecular flexibility index (Phi) is 7.45. The fourth-order valence-electron chi connectivity index (χ4n) is 1.03. The maximum absolute atomic E-state index is 5.11. The van der Waals surface area contributed by atoms with E-state index in [2.05, 4.69) is 31.2 Å². The van der Waals surface area contributed by atoms with Gasteiger partial charge in [-0.2, -0.15) is 0 Å². The average molecular weight is 174 g/mol. The molecule has 1 N–H and O–H groups in total. The van der Waals surface area contributed by atoms with Gasteiger partial charge in [-0.25, -0.2) is 0 Å². The van der Waals surface area contributed by atoms with Crippen molar-refractivity contribution < 1.29 is 4.74 Å². The number of rotatable bonds is 7. The van der Waals surface area contributed by atoms with Crippen LogP contribution in [0.4, 0.5) is 0 Å². The molecule has 74 valence electrons. The summed E-state index contributed by atoms with van der Waals surface area (Å²) in [6.45, 7) is 5.07. The van der Waals surface area contributed by atoms with Gasteiger partial charge in [-0.3, -0.25) is 0 Å². The molecule has 0 saturated carbocycles. The van der Waals surface area contributed by atoms with E-state index in [1.807, 2.05) is 0 Å². The standard InChI is InChI=1S/C9H22N2O/c1-5-6-10-7-9(8-12-4)11(2)3/h9-10H,5-8H2,1-4H3. The highest BCUT2D eigenvalue weighted by molar-refractivity contribution is 4.67. The molecule has 0 aliphatic rings. The number of methoxy groups -OCH3 is 1. The maximum atomic E-state index is 5.11. The van der Waals surface area contributed by atoms with Gasteiger partial charge in [0.05, 0.1) is 6.61 Å². The predicted molar refractivity (Wildman–Crippen MR) is 52.5 cm³/mol. The summed E-state index contributed by atoms with van der Waals surface area (Å²) in [5.41, 5.74) is 0. The largest absolute Gasteiger partial charge is 0.383 e. The van der Waals surface area contributed by atoms with Gasteiger partial charge in [-0.1, -0.05) is 6.92 Å². The first-order valence-corrected chi connectivity index (χ1v) is 4.58. The monoisotopic (exact) mass is 174 g/mol. The van der Waals surface area contributed by atoms with Gasteiger partial charge in [0, 0.05) is 19.7 Å². The highest BCUT2D eigenvalue weighted by Crippen LogP contribution is 1.91. The van der Waals surface area contributed by atoms with Crippen molar-refractivity contribution in [2.75, 3.05) is 40.9 Å². The lowest BCUT2D eigenvalue weighted by Gasteiger charge is -2.23. The Morgan fingerprint density at radius 2 is 2.08 bits per heavy atom. The molecule has 0 saturated heterocycles. The smallest absolute Gasteiger partial charge is 0.0630 e. The van der Waals surface area contributed by atoms with Crippen LogP contribution in [0.25, 0.3) is 0 Å². The van der Waals surface area contributed by atoms with Crippen molar-refractivity contribution in [3.8, 4) is 0 Å². The summed E-state index contributed by atoms with van der Waals surface area (Å²) in [6, 6.07) is 0.488. The Bertz CT molecular complexity index is 96.5. The van der Waals surface area contributed by atoms with Gasteiger partial charge in [0.2, 0.25) is 0 Å². The zero-order valence-electron chi connectivity index (χ0n) is 8.76. The van der Waals surface area contributed by atoms with Crippen LogP contribution in [-0.2, 0) is 4.74 Å². The van der Waals surface area contributed by atoms with Gasteiger partial charge in [0.15, 0.2) is 0 Å². The van der Waals surface area contributed by atoms with Gasteiger partial charge in [0.1, 0.15) is 0 Å². The molecule has 3 heteroatoms. The summed E-state index contributed by atoms with van der Waals surface area (Å²) < 4.78 is 5.11. The fourth-order valence-corrected chi connectivity index (χ4v) is 1.03. The molecular weight excluding hydrogens is 152 g/mol. The lowest BCUT2D eigenvalue weighted by atomic mass is 10.3. The lowest BCUT2D eigenvalue weighted by molar-refractivity contribution is 0.119. The lowest BCUT2D eigenvalue weighted by Crippen LogP contribution is -2.41. The van der Waals surface area contributed by atoms with E-state index in [0.29, 0.717) is 6.04 Å². The number of ether oxygens (including phenoxy) is 1. The van der Waals surface area contributed by atoms with Crippen LogP contribution in [0.5, 0.6) is 0 Å². The Hall–Kier alpha value is -0.120. The van der Waals surface area contributed by atoms with E-state index in [0.717, 1.165) is 19.7 Å². The van der Waals surface area contributed by atoms with Crippen LogP contribution in [0.2, 0.25) is 0 Å². The van der Waals surface area contributed by atoms with E-state index >= 15 is 0 Å². The minimum Gasteiger partial charge on any atom is -0.383 e. The molecule has 12 heavy (non-hydrogen) atoms. The third-order valence-corrected chi connectivity index (χ3v) is 1.90. The zero-order chi connectivity index (χ0) is 9.40. The Balaban J connectivity index is 3.49. The van der Waals surface area contributed by atoms with E-state index in [1.54, 1.807) is 7.11 Å². The summed E-state index contributed by atoms with van der Waals surface area (Å²) in [6.07, 6.45) is 1.19. The summed E-state index contributed by atoms with van der Waals surface area (Å²) in [5, 5.41) is 3.38. The summed E-state index contributed by atoms with van der Waals surface area (Å²) in [7, 11) is 5.91. The molecular formula is C9H22N2O. The third-order valence-electron chi connectivity index (χ3n) is 1.90. The van der Waals surface area contributed by atoms with Crippen LogP contribution in [-0.4, -0.2) is 51.8 Å². The topological polar surface area (TPSA) is 24.5 Å². The molecule has 0 amide bonds. The Morgan fingerprint density at radius 1 is 1.42 bits per heavy atom. The first-order chi connectivity index (χ1) is 5.72. The first kappa shape index (κ1) is 11.9. The second kappa shape index (κ2) is 7.53. The average Bonchev–Trinajstić information content (AvgIpc) is 2.03. The van der Waals surface area contributed by atoms with Crippen LogP contribution in [0.3, 0.4) is 0 Å². The Labute approximate surface area is 76.1 Å². The Morgan fingerprint density at radius 3 is 2.50 bits per heavy atom. The van der Waals surface area contributed by atoms with Crippen molar-refractivity contribution in [2.45, 2.75) is 19.4 Å². The summed E-state index contributed by atoms with van der Waals surface area (Å²) in [4.78, 5) is 2.19. The van der Waals surface area contributed by atoms with E-state index in [-0.39, 0.29) is 0 Å². The van der Waals surface area contributed by atoms with E-state index in [9.17, 15) is 0 Å². The van der Waals surface area contributed by atoms with Crippen LogP contribution >= 0.6 is 0 Å². The first-order valence-electron chi connectivity index (χ1n) is 4.58. The van der Waals surface area contributed by atoms with Crippen molar-refractivity contribution in [1.29, 1.82) is 0 Å². The van der Waals surface area contributed by atoms with Gasteiger partial charge in [-0.15, -0.1) is 0 Å². The van der Waals surface area contributed by atoms with Gasteiger partial charge in [-0.05, 0) is 27.1 Å². The van der Waals surface area contributed by atoms with E-state index < -0.39 is 0 Å². The van der Waals surface area contributed by atoms with Crippen molar-refractivity contribution in [3.63, 3.8) is 0 Å². The minimum absolute atomic E-state index is 0.488. The van der Waals surface area contributed by atoms with Gasteiger partial charge in [0.25, 0.3) is 0 Å². The highest BCUT2D eigenvalue weighted by atomic mass is 16.5. The highest BCUT2D eigenvalue weighted by Gasteiger charge is 2.09. The molecule has 1 unspecified atom stereocenters. The molecule has 0 radical (unpaired) electrons. The molecule has 0 rings (SSSR count). The quantitative estimate of drug-likeness (QED) is 0.571. The van der Waals surface area contributed by atoms with Crippen LogP contribution in [0.1, 0.15) is 13.3 Å². The molecule has 1 atom stereocenters. The molecule has 0 aliphatic carbocycles. The van der Waals surface area contributed by atoms with Crippen molar-refractivity contribution in [2.24, 2.45) is 0 Å². The normalized spacial score (nSPS) is 13.8. The van der Waals surface area contributed by atoms with Gasteiger partial charge >= 0.3 is 0 Å². The van der Waals surface area contributed by atoms with Gasteiger partial charge < -0.3 is 15.0 Å². The molecule has 0 spiro atoms. The SMILES string of the molecule is CCCNCC(COC)N(C)C. The molecule has 0 fully saturated rings. The van der Waals surface area contributed by atoms with E-state index in [4.69, 9.17) is 4.74 Å². The number of hydrogen-bond donors (Lipinski definition) is 1. The number of nitrogens with one attached hydrogen (secondary N) is 1. The van der Waals surface area contributed by atoms with Crippen molar-refractivity contribution >= 4 is 0 Å². The minimum atomic E-state index is 0.488. The van der Waals surface area contributed by atoms with Crippen molar-refractivity contribution in [3.05, 3.63) is 0 Å². The van der Waals surface area contributed by atoms with Crippen LogP contribution < -0.4 is 5.32 Å². The molecule has 0 aromatic carbocycles. The fraction of sp³-hybridized carbons (Fsp3) is 1.00. The van der Waals surface area contributed by atoms with Crippen LogP contribution in [0.15, 0.2) is 0 Å². The second-order valence-corrected chi connectivity index (χ2v) is 3.28. The second-order valence-electron chi connectivity index (χ2n) is 3.28.